The lowest BCUT2D eigenvalue weighted by Gasteiger charge is -2.20. The Labute approximate surface area is 191 Å². The number of nitrogen functional groups attached to an aromatic ring is 1. The molecule has 4 unspecified atom stereocenters. The highest BCUT2D eigenvalue weighted by molar-refractivity contribution is 5.85. The minimum absolute atomic E-state index is 0.198. The van der Waals surface area contributed by atoms with Crippen LogP contribution in [0.15, 0.2) is 36.4 Å². The minimum Gasteiger partial charge on any atom is -0.394 e. The number of ether oxygens (including phenoxy) is 1. The smallest absolute Gasteiger partial charge is 0.207 e. The summed E-state index contributed by atoms with van der Waals surface area (Å²) in [4.78, 5) is 13.5. The summed E-state index contributed by atoms with van der Waals surface area (Å²) in [6.07, 6.45) is 2.33. The normalized spacial score (nSPS) is 23.0. The summed E-state index contributed by atoms with van der Waals surface area (Å²) in [5, 5.41) is 33.8. The van der Waals surface area contributed by atoms with E-state index in [1.165, 1.54) is 0 Å². The van der Waals surface area contributed by atoms with Crippen LogP contribution in [0.5, 0.6) is 0 Å². The number of rotatable bonds is 9. The topological polar surface area (TPSA) is 152 Å². The zero-order valence-corrected chi connectivity index (χ0v) is 18.5. The predicted molar refractivity (Wildman–Crippen MR) is 125 cm³/mol. The summed E-state index contributed by atoms with van der Waals surface area (Å²) in [5.74, 6) is 0.971. The molecule has 0 spiro atoms. The second kappa shape index (κ2) is 10.3. The monoisotopic (exact) mass is 454 g/mol. The molecule has 4 atom stereocenters. The molecule has 3 heterocycles. The van der Waals surface area contributed by atoms with Crippen LogP contribution in [0.2, 0.25) is 0 Å². The molecule has 176 valence electrons. The first-order valence-corrected chi connectivity index (χ1v) is 11.2. The standard InChI is InChI=1S/C23H30N6O4/c1-2-3-4-8-11-16-26-20(24)17-21(27-16)29(22-19(32)18(31)15(13-30)33-22)23(28-17)25-12-14-9-6-5-7-10-14/h5-11,15,18-19,22,30-32H,2-4,12-13H2,1H3,(H,25,28)(H2,24,26,27)/b11-8+. The van der Waals surface area contributed by atoms with Gasteiger partial charge in [-0.1, -0.05) is 56.2 Å². The summed E-state index contributed by atoms with van der Waals surface area (Å²) in [6, 6.07) is 9.75. The van der Waals surface area contributed by atoms with Crippen molar-refractivity contribution in [3.05, 3.63) is 47.8 Å². The zero-order chi connectivity index (χ0) is 23.4. The Morgan fingerprint density at radius 2 is 1.94 bits per heavy atom. The number of hydrogen-bond donors (Lipinski definition) is 5. The second-order valence-corrected chi connectivity index (χ2v) is 8.06. The lowest BCUT2D eigenvalue weighted by atomic mass is 10.1. The fourth-order valence-corrected chi connectivity index (χ4v) is 3.83. The molecule has 3 aromatic rings. The van der Waals surface area contributed by atoms with Gasteiger partial charge in [-0.3, -0.25) is 4.57 Å². The van der Waals surface area contributed by atoms with Crippen LogP contribution in [-0.4, -0.2) is 59.8 Å². The van der Waals surface area contributed by atoms with Gasteiger partial charge >= 0.3 is 0 Å². The van der Waals surface area contributed by atoms with Crippen LogP contribution < -0.4 is 11.1 Å². The van der Waals surface area contributed by atoms with Gasteiger partial charge in [-0.05, 0) is 18.1 Å². The van der Waals surface area contributed by atoms with E-state index in [1.807, 2.05) is 36.4 Å². The molecule has 0 radical (unpaired) electrons. The molecular weight excluding hydrogens is 424 g/mol. The van der Waals surface area contributed by atoms with E-state index in [2.05, 4.69) is 27.2 Å². The van der Waals surface area contributed by atoms with Crippen molar-refractivity contribution in [1.82, 2.24) is 19.5 Å². The number of fused-ring (bicyclic) bond motifs is 1. The number of nitrogens with zero attached hydrogens (tertiary/aromatic N) is 4. The molecular formula is C23H30N6O4. The van der Waals surface area contributed by atoms with Crippen molar-refractivity contribution in [3.8, 4) is 0 Å². The largest absolute Gasteiger partial charge is 0.394 e. The first-order chi connectivity index (χ1) is 16.0. The molecule has 1 aliphatic heterocycles. The Morgan fingerprint density at radius 3 is 2.64 bits per heavy atom. The van der Waals surface area contributed by atoms with Crippen LogP contribution in [-0.2, 0) is 11.3 Å². The number of hydrogen-bond acceptors (Lipinski definition) is 9. The van der Waals surface area contributed by atoms with Crippen molar-refractivity contribution in [2.45, 2.75) is 57.3 Å². The SMILES string of the molecule is CCCC/C=C/c1nc(N)c2nc(NCc3ccccc3)n(C3OC(CO)C(O)C3O)c2n1. The highest BCUT2D eigenvalue weighted by atomic mass is 16.6. The summed E-state index contributed by atoms with van der Waals surface area (Å²) < 4.78 is 7.36. The quantitative estimate of drug-likeness (QED) is 0.305. The summed E-state index contributed by atoms with van der Waals surface area (Å²) >= 11 is 0. The van der Waals surface area contributed by atoms with E-state index in [0.29, 0.717) is 29.5 Å². The second-order valence-electron chi connectivity index (χ2n) is 8.06. The molecule has 4 rings (SSSR count). The first kappa shape index (κ1) is 23.1. The molecule has 2 aromatic heterocycles. The van der Waals surface area contributed by atoms with Gasteiger partial charge in [-0.15, -0.1) is 0 Å². The van der Waals surface area contributed by atoms with Gasteiger partial charge in [0.05, 0.1) is 6.61 Å². The van der Waals surface area contributed by atoms with Gasteiger partial charge in [0.2, 0.25) is 5.95 Å². The molecule has 1 saturated heterocycles. The average molecular weight is 455 g/mol. The van der Waals surface area contributed by atoms with Crippen molar-refractivity contribution in [2.24, 2.45) is 0 Å². The number of nitrogens with two attached hydrogens (primary N) is 1. The van der Waals surface area contributed by atoms with E-state index in [-0.39, 0.29) is 5.82 Å². The van der Waals surface area contributed by atoms with Gasteiger partial charge in [-0.25, -0.2) is 15.0 Å². The summed E-state index contributed by atoms with van der Waals surface area (Å²) in [7, 11) is 0. The van der Waals surface area contributed by atoms with E-state index >= 15 is 0 Å². The van der Waals surface area contributed by atoms with Gasteiger partial charge in [0.1, 0.15) is 18.3 Å². The van der Waals surface area contributed by atoms with Crippen LogP contribution in [0.4, 0.5) is 11.8 Å². The number of aliphatic hydroxyl groups excluding tert-OH is 3. The lowest BCUT2D eigenvalue weighted by molar-refractivity contribution is -0.0501. The lowest BCUT2D eigenvalue weighted by Crippen LogP contribution is -2.33. The average Bonchev–Trinajstić information content (AvgIpc) is 3.33. The number of unbranched alkanes of at least 4 members (excludes halogenated alkanes) is 2. The van der Waals surface area contributed by atoms with Gasteiger partial charge in [0.15, 0.2) is 29.0 Å². The third kappa shape index (κ3) is 4.83. The van der Waals surface area contributed by atoms with Crippen molar-refractivity contribution < 1.29 is 20.1 Å². The van der Waals surface area contributed by atoms with Crippen molar-refractivity contribution >= 4 is 29.0 Å². The number of imidazole rings is 1. The Kier molecular flexibility index (Phi) is 7.19. The van der Waals surface area contributed by atoms with Gasteiger partial charge in [-0.2, -0.15) is 0 Å². The Balaban J connectivity index is 1.75. The highest BCUT2D eigenvalue weighted by Crippen LogP contribution is 2.35. The van der Waals surface area contributed by atoms with E-state index < -0.39 is 31.1 Å². The van der Waals surface area contributed by atoms with Crippen LogP contribution in [0.3, 0.4) is 0 Å². The van der Waals surface area contributed by atoms with E-state index in [0.717, 1.165) is 24.8 Å². The summed E-state index contributed by atoms with van der Waals surface area (Å²) in [6.45, 7) is 2.14. The molecule has 0 bridgehead atoms. The van der Waals surface area contributed by atoms with E-state index in [4.69, 9.17) is 10.5 Å². The van der Waals surface area contributed by atoms with Gasteiger partial charge in [0.25, 0.3) is 0 Å². The predicted octanol–water partition coefficient (Wildman–Crippen LogP) is 1.84. The minimum atomic E-state index is -1.29. The maximum absolute atomic E-state index is 10.7. The maximum Gasteiger partial charge on any atom is 0.207 e. The van der Waals surface area contributed by atoms with Gasteiger partial charge < -0.3 is 31.1 Å². The van der Waals surface area contributed by atoms with Crippen LogP contribution in [0.25, 0.3) is 17.2 Å². The molecule has 1 aliphatic rings. The third-order valence-electron chi connectivity index (χ3n) is 5.64. The van der Waals surface area contributed by atoms with Crippen LogP contribution in [0.1, 0.15) is 43.8 Å². The highest BCUT2D eigenvalue weighted by Gasteiger charge is 2.45. The Hall–Kier alpha value is -3.05. The number of aliphatic hydroxyl groups is 3. The number of allylic oxidation sites excluding steroid dienone is 1. The Morgan fingerprint density at radius 1 is 1.15 bits per heavy atom. The summed E-state index contributed by atoms with van der Waals surface area (Å²) in [5.41, 5.74) is 7.95. The van der Waals surface area contributed by atoms with Crippen LogP contribution in [0, 0.1) is 0 Å². The molecule has 0 amide bonds. The number of benzene rings is 1. The van der Waals surface area contributed by atoms with Crippen molar-refractivity contribution in [1.29, 1.82) is 0 Å². The van der Waals surface area contributed by atoms with Crippen molar-refractivity contribution in [3.63, 3.8) is 0 Å². The van der Waals surface area contributed by atoms with E-state index in [9.17, 15) is 15.3 Å². The molecule has 1 fully saturated rings. The first-order valence-electron chi connectivity index (χ1n) is 11.2. The molecule has 0 saturated carbocycles. The molecule has 0 aliphatic carbocycles. The van der Waals surface area contributed by atoms with E-state index in [1.54, 1.807) is 10.6 Å². The number of nitrogens with one attached hydrogen (secondary N) is 1. The molecule has 1 aromatic carbocycles. The fourth-order valence-electron chi connectivity index (χ4n) is 3.83. The van der Waals surface area contributed by atoms with Gasteiger partial charge in [0, 0.05) is 6.54 Å². The molecule has 10 heteroatoms. The van der Waals surface area contributed by atoms with Crippen LogP contribution >= 0.6 is 0 Å². The number of aromatic nitrogens is 4. The third-order valence-corrected chi connectivity index (χ3v) is 5.64. The number of anilines is 2. The maximum atomic E-state index is 10.7. The molecule has 6 N–H and O–H groups in total. The van der Waals surface area contributed by atoms with Crippen molar-refractivity contribution in [2.75, 3.05) is 17.7 Å². The Bertz CT molecular complexity index is 1100. The molecule has 33 heavy (non-hydrogen) atoms. The molecule has 10 nitrogen and oxygen atoms in total. The zero-order valence-electron chi connectivity index (χ0n) is 18.5. The fraction of sp³-hybridized carbons (Fsp3) is 0.435.